The lowest BCUT2D eigenvalue weighted by Crippen LogP contribution is -2.24. The summed E-state index contributed by atoms with van der Waals surface area (Å²) in [5.41, 5.74) is 2.93. The molecule has 1 aromatic heterocycles. The van der Waals surface area contributed by atoms with E-state index < -0.39 is 0 Å². The number of fused-ring (bicyclic) bond motifs is 1. The van der Waals surface area contributed by atoms with Gasteiger partial charge in [0.25, 0.3) is 0 Å². The van der Waals surface area contributed by atoms with Crippen molar-refractivity contribution in [1.82, 2.24) is 15.3 Å². The Morgan fingerprint density at radius 1 is 1.29 bits per heavy atom. The average molecular weight is 229 g/mol. The Hall–Kier alpha value is -1.81. The maximum absolute atomic E-state index is 13.1. The van der Waals surface area contributed by atoms with Crippen molar-refractivity contribution in [3.8, 4) is 11.4 Å². The van der Waals surface area contributed by atoms with Crippen molar-refractivity contribution < 1.29 is 4.39 Å². The van der Waals surface area contributed by atoms with Crippen LogP contribution in [0.15, 0.2) is 30.5 Å². The van der Waals surface area contributed by atoms with Gasteiger partial charge in [-0.15, -0.1) is 0 Å². The predicted octanol–water partition coefficient (Wildman–Crippen LogP) is 1.93. The molecule has 0 aliphatic carbocycles. The van der Waals surface area contributed by atoms with E-state index >= 15 is 0 Å². The molecule has 0 radical (unpaired) electrons. The molecule has 2 aromatic rings. The van der Waals surface area contributed by atoms with Crippen LogP contribution in [0.4, 0.5) is 4.39 Å². The van der Waals surface area contributed by atoms with E-state index in [2.05, 4.69) is 15.3 Å². The average Bonchev–Trinajstić information content (AvgIpc) is 2.38. The number of benzene rings is 1. The van der Waals surface area contributed by atoms with Crippen molar-refractivity contribution in [2.24, 2.45) is 0 Å². The number of nitrogens with zero attached hydrogens (tertiary/aromatic N) is 2. The van der Waals surface area contributed by atoms with Crippen molar-refractivity contribution in [1.29, 1.82) is 0 Å². The molecule has 86 valence electrons. The Morgan fingerprint density at radius 2 is 2.24 bits per heavy atom. The fraction of sp³-hybridized carbons (Fsp3) is 0.231. The van der Waals surface area contributed by atoms with Crippen LogP contribution in [0.2, 0.25) is 0 Å². The minimum absolute atomic E-state index is 0.259. The van der Waals surface area contributed by atoms with Gasteiger partial charge in [-0.05, 0) is 12.1 Å². The SMILES string of the molecule is Fc1cccc(-c2ncc3c(n2)CCNC3)c1. The smallest absolute Gasteiger partial charge is 0.159 e. The molecule has 1 aromatic carbocycles. The summed E-state index contributed by atoms with van der Waals surface area (Å²) in [5.74, 6) is 0.343. The molecule has 4 heteroatoms. The molecule has 0 unspecified atom stereocenters. The van der Waals surface area contributed by atoms with Crippen LogP contribution in [-0.4, -0.2) is 16.5 Å². The molecule has 0 bridgehead atoms. The zero-order valence-electron chi connectivity index (χ0n) is 9.28. The summed E-state index contributed by atoms with van der Waals surface area (Å²) in [6.07, 6.45) is 2.73. The van der Waals surface area contributed by atoms with Gasteiger partial charge in [0, 0.05) is 36.8 Å². The Kier molecular flexibility index (Phi) is 2.57. The highest BCUT2D eigenvalue weighted by Gasteiger charge is 2.12. The summed E-state index contributed by atoms with van der Waals surface area (Å²) in [7, 11) is 0. The second kappa shape index (κ2) is 4.22. The molecule has 1 aliphatic heterocycles. The van der Waals surface area contributed by atoms with Crippen molar-refractivity contribution in [3.63, 3.8) is 0 Å². The lowest BCUT2D eigenvalue weighted by molar-refractivity contribution is 0.624. The second-order valence-electron chi connectivity index (χ2n) is 4.10. The van der Waals surface area contributed by atoms with E-state index in [1.165, 1.54) is 12.1 Å². The summed E-state index contributed by atoms with van der Waals surface area (Å²) in [4.78, 5) is 8.79. The molecular formula is C13H12FN3. The quantitative estimate of drug-likeness (QED) is 0.812. The second-order valence-corrected chi connectivity index (χ2v) is 4.10. The van der Waals surface area contributed by atoms with Crippen LogP contribution >= 0.6 is 0 Å². The zero-order chi connectivity index (χ0) is 11.7. The largest absolute Gasteiger partial charge is 0.312 e. The number of hydrogen-bond acceptors (Lipinski definition) is 3. The summed E-state index contributed by atoms with van der Waals surface area (Å²) >= 11 is 0. The van der Waals surface area contributed by atoms with Crippen LogP contribution in [0, 0.1) is 5.82 Å². The van der Waals surface area contributed by atoms with Gasteiger partial charge in [-0.1, -0.05) is 12.1 Å². The van der Waals surface area contributed by atoms with E-state index in [0.29, 0.717) is 5.82 Å². The van der Waals surface area contributed by atoms with Crippen LogP contribution in [0.5, 0.6) is 0 Å². The molecule has 0 saturated carbocycles. The van der Waals surface area contributed by atoms with Crippen molar-refractivity contribution in [3.05, 3.63) is 47.5 Å². The van der Waals surface area contributed by atoms with Crippen molar-refractivity contribution in [2.75, 3.05) is 6.54 Å². The van der Waals surface area contributed by atoms with Gasteiger partial charge in [-0.25, -0.2) is 14.4 Å². The highest BCUT2D eigenvalue weighted by molar-refractivity contribution is 5.55. The van der Waals surface area contributed by atoms with Gasteiger partial charge in [0.05, 0.1) is 5.69 Å². The summed E-state index contributed by atoms with van der Waals surface area (Å²) in [5, 5.41) is 3.27. The molecule has 17 heavy (non-hydrogen) atoms. The lowest BCUT2D eigenvalue weighted by Gasteiger charge is -2.16. The molecule has 3 rings (SSSR count). The number of hydrogen-bond donors (Lipinski definition) is 1. The number of aromatic nitrogens is 2. The topological polar surface area (TPSA) is 37.8 Å². The first kappa shape index (κ1) is 10.4. The van der Waals surface area contributed by atoms with Crippen molar-refractivity contribution in [2.45, 2.75) is 13.0 Å². The van der Waals surface area contributed by atoms with E-state index in [4.69, 9.17) is 0 Å². The molecule has 0 atom stereocenters. The van der Waals surface area contributed by atoms with Gasteiger partial charge in [-0.2, -0.15) is 0 Å². The Morgan fingerprint density at radius 3 is 3.12 bits per heavy atom. The molecule has 1 N–H and O–H groups in total. The monoisotopic (exact) mass is 229 g/mol. The maximum Gasteiger partial charge on any atom is 0.159 e. The van der Waals surface area contributed by atoms with Gasteiger partial charge in [0.15, 0.2) is 5.82 Å². The highest BCUT2D eigenvalue weighted by atomic mass is 19.1. The lowest BCUT2D eigenvalue weighted by atomic mass is 10.1. The molecule has 0 saturated heterocycles. The Balaban J connectivity index is 2.04. The van der Waals surface area contributed by atoms with Crippen LogP contribution in [-0.2, 0) is 13.0 Å². The molecule has 2 heterocycles. The van der Waals surface area contributed by atoms with Crippen LogP contribution in [0.3, 0.4) is 0 Å². The first-order valence-electron chi connectivity index (χ1n) is 5.64. The predicted molar refractivity (Wildman–Crippen MR) is 62.8 cm³/mol. The summed E-state index contributed by atoms with van der Waals surface area (Å²) in [6.45, 7) is 1.76. The minimum Gasteiger partial charge on any atom is -0.312 e. The molecule has 0 fully saturated rings. The van der Waals surface area contributed by atoms with E-state index in [1.807, 2.05) is 12.3 Å². The number of halogens is 1. The maximum atomic E-state index is 13.1. The van der Waals surface area contributed by atoms with E-state index in [0.717, 1.165) is 36.3 Å². The number of rotatable bonds is 1. The van der Waals surface area contributed by atoms with Gasteiger partial charge in [0.2, 0.25) is 0 Å². The third-order valence-corrected chi connectivity index (χ3v) is 2.89. The van der Waals surface area contributed by atoms with Crippen LogP contribution in [0.25, 0.3) is 11.4 Å². The fourth-order valence-electron chi connectivity index (χ4n) is 2.00. The third kappa shape index (κ3) is 2.03. The normalized spacial score (nSPS) is 14.4. The molecule has 3 nitrogen and oxygen atoms in total. The van der Waals surface area contributed by atoms with Crippen LogP contribution in [0.1, 0.15) is 11.3 Å². The molecular weight excluding hydrogens is 217 g/mol. The molecule has 0 spiro atoms. The van der Waals surface area contributed by atoms with E-state index in [9.17, 15) is 4.39 Å². The number of nitrogens with one attached hydrogen (secondary N) is 1. The van der Waals surface area contributed by atoms with Gasteiger partial charge >= 0.3 is 0 Å². The van der Waals surface area contributed by atoms with E-state index in [1.54, 1.807) is 6.07 Å². The zero-order valence-corrected chi connectivity index (χ0v) is 9.28. The first-order valence-corrected chi connectivity index (χ1v) is 5.64. The Labute approximate surface area is 98.7 Å². The van der Waals surface area contributed by atoms with Gasteiger partial charge in [-0.3, -0.25) is 0 Å². The molecule has 1 aliphatic rings. The first-order chi connectivity index (χ1) is 8.33. The van der Waals surface area contributed by atoms with Crippen LogP contribution < -0.4 is 5.32 Å². The van der Waals surface area contributed by atoms with Gasteiger partial charge < -0.3 is 5.32 Å². The van der Waals surface area contributed by atoms with E-state index in [-0.39, 0.29) is 5.82 Å². The molecule has 0 amide bonds. The minimum atomic E-state index is -0.259. The van der Waals surface area contributed by atoms with Crippen molar-refractivity contribution >= 4 is 0 Å². The van der Waals surface area contributed by atoms with Gasteiger partial charge in [0.1, 0.15) is 5.82 Å². The standard InChI is InChI=1S/C13H12FN3/c14-11-3-1-2-9(6-11)13-16-8-10-7-15-5-4-12(10)17-13/h1-3,6,8,15H,4-5,7H2. The highest BCUT2D eigenvalue weighted by Crippen LogP contribution is 2.18. The Bertz CT molecular complexity index is 554. The summed E-state index contributed by atoms with van der Waals surface area (Å²) < 4.78 is 13.1. The third-order valence-electron chi connectivity index (χ3n) is 2.89. The summed E-state index contributed by atoms with van der Waals surface area (Å²) in [6, 6.07) is 6.38. The fourth-order valence-corrected chi connectivity index (χ4v) is 2.00.